The summed E-state index contributed by atoms with van der Waals surface area (Å²) in [4.78, 5) is 27.7. The molecule has 0 aromatic heterocycles. The van der Waals surface area contributed by atoms with Gasteiger partial charge in [0.15, 0.2) is 5.78 Å². The van der Waals surface area contributed by atoms with Crippen molar-refractivity contribution < 1.29 is 14.3 Å². The molecule has 2 atom stereocenters. The van der Waals surface area contributed by atoms with Gasteiger partial charge in [-0.15, -0.1) is 0 Å². The maximum absolute atomic E-state index is 14.0. The number of hydrogen-bond acceptors (Lipinski definition) is 4. The van der Waals surface area contributed by atoms with Crippen LogP contribution in [0, 0.1) is 0 Å². The summed E-state index contributed by atoms with van der Waals surface area (Å²) >= 11 is 15.9. The fourth-order valence-corrected chi connectivity index (χ4v) is 5.46. The lowest BCUT2D eigenvalue weighted by Gasteiger charge is -2.32. The van der Waals surface area contributed by atoms with Gasteiger partial charge in [-0.3, -0.25) is 9.59 Å². The highest BCUT2D eigenvalue weighted by Gasteiger charge is 2.59. The van der Waals surface area contributed by atoms with Gasteiger partial charge in [-0.2, -0.15) is 0 Å². The first-order valence-corrected chi connectivity index (χ1v) is 11.4. The van der Waals surface area contributed by atoms with Crippen molar-refractivity contribution >= 4 is 56.4 Å². The Morgan fingerprint density at radius 2 is 1.87 bits per heavy atom. The van der Waals surface area contributed by atoms with Crippen LogP contribution in [0.5, 0.6) is 0 Å². The van der Waals surface area contributed by atoms with E-state index in [2.05, 4.69) is 21.2 Å². The standard InChI is InChI=1S/C23H21BrCl2N2O3/c1-13(29)27-19-11-23(10-14-3-5-16(24)6-4-14)21(30)20(22(31-2)28(23)12-19)15-7-17(25)9-18(26)8-15/h3-9,19H,10-12H2,1-2H3,(H,27,29). The summed E-state index contributed by atoms with van der Waals surface area (Å²) in [5, 5.41) is 3.86. The average molecular weight is 524 g/mol. The number of rotatable bonds is 5. The van der Waals surface area contributed by atoms with Gasteiger partial charge in [0.25, 0.3) is 0 Å². The molecule has 2 aromatic rings. The van der Waals surface area contributed by atoms with Crippen LogP contribution < -0.4 is 5.32 Å². The minimum atomic E-state index is -0.865. The number of halogens is 3. The summed E-state index contributed by atoms with van der Waals surface area (Å²) in [6.45, 7) is 1.96. The molecular weight excluding hydrogens is 503 g/mol. The molecule has 1 fully saturated rings. The first-order chi connectivity index (χ1) is 14.7. The molecular formula is C23H21BrCl2N2O3. The third-order valence-corrected chi connectivity index (χ3v) is 6.74. The Morgan fingerprint density at radius 3 is 2.45 bits per heavy atom. The second-order valence-corrected chi connectivity index (χ2v) is 9.71. The summed E-state index contributed by atoms with van der Waals surface area (Å²) in [7, 11) is 1.55. The minimum Gasteiger partial charge on any atom is -0.482 e. The molecule has 0 saturated carbocycles. The SMILES string of the molecule is COC1=C(c2cc(Cl)cc(Cl)c2)C(=O)C2(Cc3ccc(Br)cc3)CC(NC(C)=O)CN12. The Labute approximate surface area is 199 Å². The van der Waals surface area contributed by atoms with Crippen molar-refractivity contribution in [2.75, 3.05) is 13.7 Å². The highest BCUT2D eigenvalue weighted by Crippen LogP contribution is 2.48. The molecule has 31 heavy (non-hydrogen) atoms. The van der Waals surface area contributed by atoms with Gasteiger partial charge in [-0.25, -0.2) is 0 Å². The number of fused-ring (bicyclic) bond motifs is 1. The predicted octanol–water partition coefficient (Wildman–Crippen LogP) is 4.85. The quantitative estimate of drug-likeness (QED) is 0.609. The Balaban J connectivity index is 1.81. The normalized spacial score (nSPS) is 22.7. The minimum absolute atomic E-state index is 0.0570. The molecule has 2 aliphatic rings. The summed E-state index contributed by atoms with van der Waals surface area (Å²) < 4.78 is 6.72. The lowest BCUT2D eigenvalue weighted by atomic mass is 9.81. The number of carbonyl (C=O) groups excluding carboxylic acids is 2. The van der Waals surface area contributed by atoms with Crippen molar-refractivity contribution in [3.63, 3.8) is 0 Å². The van der Waals surface area contributed by atoms with Gasteiger partial charge >= 0.3 is 0 Å². The van der Waals surface area contributed by atoms with Crippen LogP contribution in [0.3, 0.4) is 0 Å². The highest BCUT2D eigenvalue weighted by atomic mass is 79.9. The third kappa shape index (κ3) is 4.09. The zero-order valence-corrected chi connectivity index (χ0v) is 20.1. The van der Waals surface area contributed by atoms with Crippen molar-refractivity contribution in [2.45, 2.75) is 31.3 Å². The Kier molecular flexibility index (Phi) is 6.08. The van der Waals surface area contributed by atoms with Gasteiger partial charge in [0.1, 0.15) is 5.54 Å². The molecule has 0 bridgehead atoms. The number of benzene rings is 2. The summed E-state index contributed by atoms with van der Waals surface area (Å²) in [5.41, 5.74) is 1.24. The Morgan fingerprint density at radius 1 is 1.23 bits per heavy atom. The van der Waals surface area contributed by atoms with Crippen LogP contribution in [0.25, 0.3) is 5.57 Å². The Hall–Kier alpha value is -2.02. The van der Waals surface area contributed by atoms with E-state index in [0.717, 1.165) is 10.0 Å². The van der Waals surface area contributed by atoms with Crippen molar-refractivity contribution in [1.82, 2.24) is 10.2 Å². The summed E-state index contributed by atoms with van der Waals surface area (Å²) in [6.07, 6.45) is 0.964. The van der Waals surface area contributed by atoms with E-state index in [0.29, 0.717) is 46.5 Å². The van der Waals surface area contributed by atoms with Crippen LogP contribution in [0.4, 0.5) is 0 Å². The maximum Gasteiger partial charge on any atom is 0.217 e. The molecule has 2 heterocycles. The van der Waals surface area contributed by atoms with Gasteiger partial charge in [-0.1, -0.05) is 51.3 Å². The van der Waals surface area contributed by atoms with E-state index in [1.54, 1.807) is 25.3 Å². The third-order valence-electron chi connectivity index (χ3n) is 5.77. The van der Waals surface area contributed by atoms with Crippen LogP contribution in [-0.4, -0.2) is 41.8 Å². The van der Waals surface area contributed by atoms with E-state index in [1.807, 2.05) is 29.2 Å². The number of amides is 1. The van der Waals surface area contributed by atoms with Crippen LogP contribution in [0.2, 0.25) is 10.0 Å². The summed E-state index contributed by atoms with van der Waals surface area (Å²) in [6, 6.07) is 12.8. The molecule has 2 aromatic carbocycles. The van der Waals surface area contributed by atoms with E-state index in [9.17, 15) is 9.59 Å². The molecule has 2 aliphatic heterocycles. The molecule has 8 heteroatoms. The molecule has 0 spiro atoms. The molecule has 0 radical (unpaired) electrons. The first kappa shape index (κ1) is 22.2. The lowest BCUT2D eigenvalue weighted by molar-refractivity contribution is -0.122. The van der Waals surface area contributed by atoms with Gasteiger partial charge < -0.3 is 15.0 Å². The van der Waals surface area contributed by atoms with E-state index >= 15 is 0 Å². The van der Waals surface area contributed by atoms with E-state index in [1.165, 1.54) is 6.92 Å². The fourth-order valence-electron chi connectivity index (χ4n) is 4.67. The molecule has 1 saturated heterocycles. The van der Waals surface area contributed by atoms with Crippen molar-refractivity contribution in [3.05, 3.63) is 74.0 Å². The highest BCUT2D eigenvalue weighted by molar-refractivity contribution is 9.10. The van der Waals surface area contributed by atoms with Crippen LogP contribution in [-0.2, 0) is 20.7 Å². The first-order valence-electron chi connectivity index (χ1n) is 9.82. The smallest absolute Gasteiger partial charge is 0.217 e. The van der Waals surface area contributed by atoms with Gasteiger partial charge in [0, 0.05) is 46.9 Å². The van der Waals surface area contributed by atoms with Crippen molar-refractivity contribution in [2.24, 2.45) is 0 Å². The predicted molar refractivity (Wildman–Crippen MR) is 125 cm³/mol. The van der Waals surface area contributed by atoms with Gasteiger partial charge in [0.2, 0.25) is 11.8 Å². The van der Waals surface area contributed by atoms with Gasteiger partial charge in [-0.05, 0) is 41.5 Å². The molecule has 1 N–H and O–H groups in total. The summed E-state index contributed by atoms with van der Waals surface area (Å²) in [5.74, 6) is 0.300. The number of hydrogen-bond donors (Lipinski definition) is 1. The monoisotopic (exact) mass is 522 g/mol. The molecule has 5 nitrogen and oxygen atoms in total. The Bertz CT molecular complexity index is 1070. The van der Waals surface area contributed by atoms with E-state index in [4.69, 9.17) is 27.9 Å². The number of methoxy groups -OCH3 is 1. The zero-order chi connectivity index (χ0) is 22.3. The number of ether oxygens (including phenoxy) is 1. The van der Waals surface area contributed by atoms with Crippen LogP contribution in [0.1, 0.15) is 24.5 Å². The number of ketones is 1. The zero-order valence-electron chi connectivity index (χ0n) is 17.0. The largest absolute Gasteiger partial charge is 0.482 e. The average Bonchev–Trinajstić information content (AvgIpc) is 3.13. The van der Waals surface area contributed by atoms with Crippen molar-refractivity contribution in [1.29, 1.82) is 0 Å². The number of nitrogens with zero attached hydrogens (tertiary/aromatic N) is 1. The molecule has 0 aliphatic carbocycles. The second-order valence-electron chi connectivity index (χ2n) is 7.92. The topological polar surface area (TPSA) is 58.6 Å². The molecule has 1 amide bonds. The number of carbonyl (C=O) groups is 2. The van der Waals surface area contributed by atoms with E-state index in [-0.39, 0.29) is 17.7 Å². The van der Waals surface area contributed by atoms with Crippen LogP contribution >= 0.6 is 39.1 Å². The molecule has 2 unspecified atom stereocenters. The fraction of sp³-hybridized carbons (Fsp3) is 0.304. The van der Waals surface area contributed by atoms with E-state index < -0.39 is 5.54 Å². The van der Waals surface area contributed by atoms with Gasteiger partial charge in [0.05, 0.1) is 12.7 Å². The molecule has 4 rings (SSSR count). The van der Waals surface area contributed by atoms with Crippen LogP contribution in [0.15, 0.2) is 52.8 Å². The second kappa shape index (κ2) is 8.49. The maximum atomic E-state index is 14.0. The number of Topliss-reactive ketones (excluding diaryl/α,β-unsaturated/α-hetero) is 1. The lowest BCUT2D eigenvalue weighted by Crippen LogP contribution is -2.47. The number of nitrogens with one attached hydrogen (secondary N) is 1. The van der Waals surface area contributed by atoms with Crippen molar-refractivity contribution in [3.8, 4) is 0 Å². The molecule has 162 valence electrons.